The molecule has 2 aromatic heterocycles. The molecule has 0 atom stereocenters. The van der Waals surface area contributed by atoms with E-state index in [4.69, 9.17) is 4.74 Å². The summed E-state index contributed by atoms with van der Waals surface area (Å²) in [6.45, 7) is 6.68. The molecule has 36 heavy (non-hydrogen) atoms. The number of rotatable bonds is 7. The lowest BCUT2D eigenvalue weighted by Gasteiger charge is -2.31. The SMILES string of the molecule is Cn1cc(NC(=O)c2cc(NC(=O)OC(C)(C)C)cn2C)cc1C(=O)NCCN1CCC(F)(F)CC1. The monoisotopic (exact) mass is 508 g/mol. The number of hydrogen-bond acceptors (Lipinski definition) is 5. The maximum Gasteiger partial charge on any atom is 0.412 e. The number of aromatic nitrogens is 2. The minimum atomic E-state index is -2.60. The molecule has 12 heteroatoms. The summed E-state index contributed by atoms with van der Waals surface area (Å²) in [5, 5.41) is 8.14. The Morgan fingerprint density at radius 3 is 2.03 bits per heavy atom. The standard InChI is InChI=1S/C24H34F2N6O4/c1-23(2,3)36-22(35)29-17-13-19(31(5)15-17)21(34)28-16-12-18(30(4)14-16)20(33)27-8-11-32-9-6-24(25,26)7-10-32/h12-15H,6-11H2,1-5H3,(H,27,33)(H,28,34)(H,29,35). The number of amides is 3. The quantitative estimate of drug-likeness (QED) is 0.531. The Morgan fingerprint density at radius 2 is 1.47 bits per heavy atom. The number of aryl methyl sites for hydroxylation is 2. The van der Waals surface area contributed by atoms with E-state index in [2.05, 4.69) is 16.0 Å². The van der Waals surface area contributed by atoms with E-state index in [0.717, 1.165) is 0 Å². The summed E-state index contributed by atoms with van der Waals surface area (Å²) >= 11 is 0. The van der Waals surface area contributed by atoms with E-state index in [1.165, 1.54) is 6.07 Å². The number of anilines is 2. The van der Waals surface area contributed by atoms with Crippen molar-refractivity contribution in [3.8, 4) is 0 Å². The number of piperidine rings is 1. The van der Waals surface area contributed by atoms with Crippen molar-refractivity contribution in [1.82, 2.24) is 19.4 Å². The molecule has 0 aromatic carbocycles. The van der Waals surface area contributed by atoms with Gasteiger partial charge in [0, 0.05) is 65.5 Å². The van der Waals surface area contributed by atoms with Gasteiger partial charge in [-0.2, -0.15) is 0 Å². The molecule has 10 nitrogen and oxygen atoms in total. The first-order valence-electron chi connectivity index (χ1n) is 11.7. The molecular formula is C24H34F2N6O4. The van der Waals surface area contributed by atoms with Gasteiger partial charge in [0.15, 0.2) is 0 Å². The molecule has 0 unspecified atom stereocenters. The number of likely N-dealkylation sites (tertiary alicyclic amines) is 1. The molecule has 0 radical (unpaired) electrons. The molecule has 0 bridgehead atoms. The highest BCUT2D eigenvalue weighted by Crippen LogP contribution is 2.27. The van der Waals surface area contributed by atoms with Crippen molar-refractivity contribution < 1.29 is 27.9 Å². The zero-order valence-corrected chi connectivity index (χ0v) is 21.3. The number of ether oxygens (including phenoxy) is 1. The third-order valence-electron chi connectivity index (χ3n) is 5.68. The van der Waals surface area contributed by atoms with Crippen LogP contribution in [0.5, 0.6) is 0 Å². The van der Waals surface area contributed by atoms with Gasteiger partial charge in [-0.25, -0.2) is 13.6 Å². The summed E-state index contributed by atoms with van der Waals surface area (Å²) in [7, 11) is 3.35. The van der Waals surface area contributed by atoms with Gasteiger partial charge in [0.25, 0.3) is 17.7 Å². The van der Waals surface area contributed by atoms with Crippen molar-refractivity contribution in [3.05, 3.63) is 35.9 Å². The average molecular weight is 509 g/mol. The van der Waals surface area contributed by atoms with Crippen molar-refractivity contribution in [2.75, 3.05) is 36.8 Å². The molecule has 0 saturated carbocycles. The number of nitrogens with zero attached hydrogens (tertiary/aromatic N) is 3. The van der Waals surface area contributed by atoms with Crippen molar-refractivity contribution in [1.29, 1.82) is 0 Å². The summed E-state index contributed by atoms with van der Waals surface area (Å²) in [5.41, 5.74) is 0.815. The third-order valence-corrected chi connectivity index (χ3v) is 5.68. The van der Waals surface area contributed by atoms with Crippen LogP contribution >= 0.6 is 0 Å². The fourth-order valence-corrected chi connectivity index (χ4v) is 3.86. The van der Waals surface area contributed by atoms with Gasteiger partial charge >= 0.3 is 6.09 Å². The largest absolute Gasteiger partial charge is 0.444 e. The number of hydrogen-bond donors (Lipinski definition) is 3. The Labute approximate surface area is 208 Å². The molecule has 2 aromatic rings. The van der Waals surface area contributed by atoms with Crippen LogP contribution < -0.4 is 16.0 Å². The van der Waals surface area contributed by atoms with E-state index < -0.39 is 23.5 Å². The van der Waals surface area contributed by atoms with Gasteiger partial charge in [0.1, 0.15) is 17.0 Å². The number of nitrogens with one attached hydrogen (secondary N) is 3. The lowest BCUT2D eigenvalue weighted by molar-refractivity contribution is -0.0547. The second-order valence-corrected chi connectivity index (χ2v) is 9.98. The predicted molar refractivity (Wildman–Crippen MR) is 132 cm³/mol. The first kappa shape index (κ1) is 27.2. The molecule has 0 spiro atoms. The Balaban J connectivity index is 1.53. The zero-order valence-electron chi connectivity index (χ0n) is 21.3. The van der Waals surface area contributed by atoms with E-state index in [1.807, 2.05) is 4.90 Å². The van der Waals surface area contributed by atoms with Gasteiger partial charge in [-0.15, -0.1) is 0 Å². The second-order valence-electron chi connectivity index (χ2n) is 9.98. The molecular weight excluding hydrogens is 474 g/mol. The van der Waals surface area contributed by atoms with E-state index in [0.29, 0.717) is 48.9 Å². The Bertz CT molecular complexity index is 1110. The molecule has 3 heterocycles. The highest BCUT2D eigenvalue weighted by atomic mass is 19.3. The van der Waals surface area contributed by atoms with Crippen LogP contribution in [0.4, 0.5) is 25.0 Å². The molecule has 1 aliphatic heterocycles. The van der Waals surface area contributed by atoms with Crippen LogP contribution in [0.25, 0.3) is 0 Å². The fraction of sp³-hybridized carbons (Fsp3) is 0.542. The van der Waals surface area contributed by atoms with Crippen molar-refractivity contribution in [3.63, 3.8) is 0 Å². The summed E-state index contributed by atoms with van der Waals surface area (Å²) in [6, 6.07) is 3.07. The second kappa shape index (κ2) is 10.7. The number of carbonyl (C=O) groups excluding carboxylic acids is 3. The first-order valence-corrected chi connectivity index (χ1v) is 11.7. The van der Waals surface area contributed by atoms with Gasteiger partial charge in [-0.3, -0.25) is 14.9 Å². The van der Waals surface area contributed by atoms with E-state index in [9.17, 15) is 23.2 Å². The molecule has 3 rings (SSSR count). The normalized spacial score (nSPS) is 15.9. The molecule has 1 saturated heterocycles. The molecule has 0 aliphatic carbocycles. The first-order chi connectivity index (χ1) is 16.7. The van der Waals surface area contributed by atoms with Gasteiger partial charge in [-0.1, -0.05) is 0 Å². The van der Waals surface area contributed by atoms with Gasteiger partial charge in [0.2, 0.25) is 0 Å². The molecule has 3 amide bonds. The van der Waals surface area contributed by atoms with Crippen LogP contribution in [0.2, 0.25) is 0 Å². The van der Waals surface area contributed by atoms with Gasteiger partial charge < -0.3 is 29.4 Å². The van der Waals surface area contributed by atoms with Crippen molar-refractivity contribution in [2.24, 2.45) is 14.1 Å². The molecule has 1 fully saturated rings. The minimum Gasteiger partial charge on any atom is -0.444 e. The third kappa shape index (κ3) is 7.54. The van der Waals surface area contributed by atoms with Crippen LogP contribution in [0.1, 0.15) is 54.6 Å². The van der Waals surface area contributed by atoms with Crippen LogP contribution in [0.15, 0.2) is 24.5 Å². The lowest BCUT2D eigenvalue weighted by atomic mass is 10.1. The summed E-state index contributed by atoms with van der Waals surface area (Å²) in [5.74, 6) is -3.35. The van der Waals surface area contributed by atoms with Crippen LogP contribution in [0.3, 0.4) is 0 Å². The number of alkyl halides is 2. The van der Waals surface area contributed by atoms with E-state index in [-0.39, 0.29) is 18.7 Å². The fourth-order valence-electron chi connectivity index (χ4n) is 3.86. The summed E-state index contributed by atoms with van der Waals surface area (Å²) in [4.78, 5) is 39.3. The molecule has 3 N–H and O–H groups in total. The maximum atomic E-state index is 13.3. The number of halogens is 2. The smallest absolute Gasteiger partial charge is 0.412 e. The average Bonchev–Trinajstić information content (AvgIpc) is 3.29. The summed E-state index contributed by atoms with van der Waals surface area (Å²) in [6.07, 6.45) is 2.24. The van der Waals surface area contributed by atoms with Crippen LogP contribution in [-0.2, 0) is 18.8 Å². The molecule has 1 aliphatic rings. The zero-order chi connectivity index (χ0) is 26.7. The Hall–Kier alpha value is -3.41. The van der Waals surface area contributed by atoms with Crippen molar-refractivity contribution >= 4 is 29.3 Å². The Kier molecular flexibility index (Phi) is 8.07. The van der Waals surface area contributed by atoms with Gasteiger partial charge in [-0.05, 0) is 32.9 Å². The van der Waals surface area contributed by atoms with Gasteiger partial charge in [0.05, 0.1) is 11.4 Å². The molecule has 198 valence electrons. The maximum absolute atomic E-state index is 13.3. The highest BCUT2D eigenvalue weighted by molar-refractivity contribution is 6.05. The predicted octanol–water partition coefficient (Wildman–Crippen LogP) is 3.42. The summed E-state index contributed by atoms with van der Waals surface area (Å²) < 4.78 is 34.9. The minimum absolute atomic E-state index is 0.165. The van der Waals surface area contributed by atoms with Crippen LogP contribution in [0, 0.1) is 0 Å². The van der Waals surface area contributed by atoms with Crippen LogP contribution in [-0.4, -0.2) is 69.6 Å². The van der Waals surface area contributed by atoms with E-state index >= 15 is 0 Å². The van der Waals surface area contributed by atoms with E-state index in [1.54, 1.807) is 62.5 Å². The van der Waals surface area contributed by atoms with Crippen molar-refractivity contribution in [2.45, 2.75) is 45.1 Å². The lowest BCUT2D eigenvalue weighted by Crippen LogP contribution is -2.43. The highest BCUT2D eigenvalue weighted by Gasteiger charge is 2.33. The Morgan fingerprint density at radius 1 is 0.944 bits per heavy atom. The topological polar surface area (TPSA) is 110 Å². The number of carbonyl (C=O) groups is 3.